The Morgan fingerprint density at radius 3 is 2.80 bits per heavy atom. The molecule has 1 aromatic carbocycles. The molecule has 0 saturated heterocycles. The van der Waals surface area contributed by atoms with Crippen LogP contribution in [0.25, 0.3) is 10.6 Å². The van der Waals surface area contributed by atoms with Crippen LogP contribution in [0.15, 0.2) is 18.2 Å². The van der Waals surface area contributed by atoms with E-state index in [-0.39, 0.29) is 5.82 Å². The molecule has 6 heteroatoms. The maximum atomic E-state index is 12.9. The largest absolute Gasteiger partial charge is 0.298 e. The van der Waals surface area contributed by atoms with Crippen LogP contribution in [0.4, 0.5) is 9.52 Å². The lowest BCUT2D eigenvalue weighted by molar-refractivity contribution is 0.627. The summed E-state index contributed by atoms with van der Waals surface area (Å²) in [6.45, 7) is 1.83. The number of aryl methyl sites for hydroxylation is 1. The highest BCUT2D eigenvalue weighted by atomic mass is 32.1. The number of anilines is 1. The van der Waals surface area contributed by atoms with Crippen molar-refractivity contribution in [1.29, 1.82) is 0 Å². The summed E-state index contributed by atoms with van der Waals surface area (Å²) in [5.74, 6) is 4.95. The van der Waals surface area contributed by atoms with Gasteiger partial charge in [0, 0.05) is 5.56 Å². The number of hydrogen-bond donors (Lipinski definition) is 2. The second-order valence-corrected chi connectivity index (χ2v) is 3.99. The Hall–Kier alpha value is -1.53. The van der Waals surface area contributed by atoms with E-state index in [1.165, 1.54) is 23.5 Å². The van der Waals surface area contributed by atoms with Gasteiger partial charge in [-0.05, 0) is 30.7 Å². The van der Waals surface area contributed by atoms with Crippen molar-refractivity contribution in [1.82, 2.24) is 10.2 Å². The third-order valence-corrected chi connectivity index (χ3v) is 2.86. The Morgan fingerprint density at radius 2 is 2.20 bits per heavy atom. The molecule has 15 heavy (non-hydrogen) atoms. The monoisotopic (exact) mass is 224 g/mol. The molecule has 0 radical (unpaired) electrons. The van der Waals surface area contributed by atoms with E-state index in [2.05, 4.69) is 15.6 Å². The van der Waals surface area contributed by atoms with Gasteiger partial charge in [-0.25, -0.2) is 10.2 Å². The minimum atomic E-state index is -0.252. The van der Waals surface area contributed by atoms with Crippen molar-refractivity contribution in [2.75, 3.05) is 5.43 Å². The van der Waals surface area contributed by atoms with Gasteiger partial charge in [0.25, 0.3) is 0 Å². The van der Waals surface area contributed by atoms with Crippen molar-refractivity contribution >= 4 is 16.5 Å². The van der Waals surface area contributed by atoms with E-state index in [0.29, 0.717) is 5.13 Å². The maximum Gasteiger partial charge on any atom is 0.220 e. The zero-order valence-corrected chi connectivity index (χ0v) is 8.81. The lowest BCUT2D eigenvalue weighted by atomic mass is 10.1. The molecule has 0 amide bonds. The molecule has 0 aliphatic heterocycles. The molecule has 0 aliphatic carbocycles. The van der Waals surface area contributed by atoms with Gasteiger partial charge >= 0.3 is 0 Å². The van der Waals surface area contributed by atoms with E-state index in [9.17, 15) is 4.39 Å². The highest BCUT2D eigenvalue weighted by molar-refractivity contribution is 7.18. The lowest BCUT2D eigenvalue weighted by Gasteiger charge is -2.00. The van der Waals surface area contributed by atoms with Crippen molar-refractivity contribution in [2.45, 2.75) is 6.92 Å². The Labute approximate surface area is 89.9 Å². The first-order chi connectivity index (χ1) is 7.20. The SMILES string of the molecule is Cc1cc(F)ccc1-c1nnc(NN)s1. The zero-order chi connectivity index (χ0) is 10.8. The molecule has 0 fully saturated rings. The van der Waals surface area contributed by atoms with E-state index in [4.69, 9.17) is 5.84 Å². The molecule has 1 heterocycles. The third kappa shape index (κ3) is 1.95. The Kier molecular flexibility index (Phi) is 2.61. The van der Waals surface area contributed by atoms with E-state index in [1.807, 2.05) is 6.92 Å². The molecule has 4 nitrogen and oxygen atoms in total. The molecule has 3 N–H and O–H groups in total. The number of hydrogen-bond acceptors (Lipinski definition) is 5. The van der Waals surface area contributed by atoms with Crippen molar-refractivity contribution in [2.24, 2.45) is 5.84 Å². The standard InChI is InChI=1S/C9H9FN4S/c1-5-4-6(10)2-3-7(5)8-13-14-9(12-11)15-8/h2-4H,11H2,1H3,(H,12,14). The molecule has 0 saturated carbocycles. The predicted molar refractivity (Wildman–Crippen MR) is 57.9 cm³/mol. The summed E-state index contributed by atoms with van der Waals surface area (Å²) >= 11 is 1.33. The topological polar surface area (TPSA) is 63.8 Å². The number of aromatic nitrogens is 2. The number of nitrogens with one attached hydrogen (secondary N) is 1. The second-order valence-electron chi connectivity index (χ2n) is 3.02. The van der Waals surface area contributed by atoms with E-state index in [0.717, 1.165) is 16.1 Å². The number of nitrogens with two attached hydrogens (primary N) is 1. The molecule has 0 spiro atoms. The van der Waals surface area contributed by atoms with Crippen molar-refractivity contribution in [3.63, 3.8) is 0 Å². The highest BCUT2D eigenvalue weighted by Crippen LogP contribution is 2.28. The first-order valence-corrected chi connectivity index (χ1v) is 5.09. The molecular weight excluding hydrogens is 215 g/mol. The average Bonchev–Trinajstić information content (AvgIpc) is 2.66. The minimum Gasteiger partial charge on any atom is -0.298 e. The fraction of sp³-hybridized carbons (Fsp3) is 0.111. The second kappa shape index (κ2) is 3.92. The Bertz CT molecular complexity index is 483. The number of nitrogen functional groups attached to an aromatic ring is 1. The van der Waals surface area contributed by atoms with Crippen molar-refractivity contribution < 1.29 is 4.39 Å². The minimum absolute atomic E-state index is 0.252. The molecule has 2 aromatic rings. The molecule has 0 unspecified atom stereocenters. The van der Waals surface area contributed by atoms with Crippen LogP contribution in [0.2, 0.25) is 0 Å². The van der Waals surface area contributed by atoms with Gasteiger partial charge in [0.1, 0.15) is 10.8 Å². The fourth-order valence-corrected chi connectivity index (χ4v) is 2.00. The van der Waals surface area contributed by atoms with Crippen LogP contribution >= 0.6 is 11.3 Å². The Balaban J connectivity index is 2.44. The summed E-state index contributed by atoms with van der Waals surface area (Å²) < 4.78 is 12.9. The zero-order valence-electron chi connectivity index (χ0n) is 7.99. The smallest absolute Gasteiger partial charge is 0.220 e. The molecule has 0 aliphatic rings. The van der Waals surface area contributed by atoms with Gasteiger partial charge in [-0.1, -0.05) is 11.3 Å². The van der Waals surface area contributed by atoms with Crippen LogP contribution in [0, 0.1) is 12.7 Å². The third-order valence-electron chi connectivity index (χ3n) is 1.97. The van der Waals surface area contributed by atoms with Gasteiger partial charge in [0.15, 0.2) is 0 Å². The average molecular weight is 224 g/mol. The van der Waals surface area contributed by atoms with Crippen LogP contribution in [0.5, 0.6) is 0 Å². The summed E-state index contributed by atoms with van der Waals surface area (Å²) in [4.78, 5) is 0. The van der Waals surface area contributed by atoms with E-state index >= 15 is 0 Å². The van der Waals surface area contributed by atoms with E-state index < -0.39 is 0 Å². The molecular formula is C9H9FN4S. The van der Waals surface area contributed by atoms with E-state index in [1.54, 1.807) is 6.07 Å². The van der Waals surface area contributed by atoms with Crippen LogP contribution in [-0.4, -0.2) is 10.2 Å². The van der Waals surface area contributed by atoms with Gasteiger partial charge < -0.3 is 0 Å². The lowest BCUT2D eigenvalue weighted by Crippen LogP contribution is -2.05. The van der Waals surface area contributed by atoms with Gasteiger partial charge in [-0.15, -0.1) is 10.2 Å². The normalized spacial score (nSPS) is 10.3. The highest BCUT2D eigenvalue weighted by Gasteiger charge is 2.08. The molecule has 0 atom stereocenters. The first-order valence-electron chi connectivity index (χ1n) is 4.27. The van der Waals surface area contributed by atoms with Crippen molar-refractivity contribution in [3.05, 3.63) is 29.6 Å². The van der Waals surface area contributed by atoms with Crippen LogP contribution < -0.4 is 11.3 Å². The van der Waals surface area contributed by atoms with Crippen LogP contribution in [0.1, 0.15) is 5.56 Å². The van der Waals surface area contributed by atoms with Gasteiger partial charge in [-0.2, -0.15) is 0 Å². The molecule has 0 bridgehead atoms. The Morgan fingerprint density at radius 1 is 1.40 bits per heavy atom. The maximum absolute atomic E-state index is 12.9. The summed E-state index contributed by atoms with van der Waals surface area (Å²) in [6, 6.07) is 4.55. The number of rotatable bonds is 2. The number of nitrogens with zero attached hydrogens (tertiary/aromatic N) is 2. The quantitative estimate of drug-likeness (QED) is 0.604. The number of benzene rings is 1. The first kappa shape index (κ1) is 10.0. The van der Waals surface area contributed by atoms with Gasteiger partial charge in [-0.3, -0.25) is 5.43 Å². The molecule has 1 aromatic heterocycles. The predicted octanol–water partition coefficient (Wildman–Crippen LogP) is 1.94. The fourth-order valence-electron chi connectivity index (χ4n) is 1.26. The summed E-state index contributed by atoms with van der Waals surface area (Å²) in [7, 11) is 0. The number of halogens is 1. The summed E-state index contributed by atoms with van der Waals surface area (Å²) in [5.41, 5.74) is 4.12. The van der Waals surface area contributed by atoms with Crippen LogP contribution in [0.3, 0.4) is 0 Å². The van der Waals surface area contributed by atoms with Gasteiger partial charge in [0.2, 0.25) is 5.13 Å². The van der Waals surface area contributed by atoms with Crippen molar-refractivity contribution in [3.8, 4) is 10.6 Å². The molecule has 2 rings (SSSR count). The summed E-state index contributed by atoms with van der Waals surface area (Å²) in [5, 5.41) is 9.02. The molecule has 78 valence electrons. The van der Waals surface area contributed by atoms with Gasteiger partial charge in [0.05, 0.1) is 0 Å². The van der Waals surface area contributed by atoms with Crippen LogP contribution in [-0.2, 0) is 0 Å². The summed E-state index contributed by atoms with van der Waals surface area (Å²) in [6.07, 6.45) is 0. The number of hydrazine groups is 1.